The first-order chi connectivity index (χ1) is 11.2. The number of hydrogen-bond donors (Lipinski definition) is 0. The van der Waals surface area contributed by atoms with Crippen LogP contribution in [0.3, 0.4) is 0 Å². The molecule has 2 aromatic rings. The minimum atomic E-state index is -0.135. The molecule has 1 aliphatic carbocycles. The molecule has 1 aromatic heterocycles. The van der Waals surface area contributed by atoms with Gasteiger partial charge >= 0.3 is 0 Å². The SMILES string of the molecule is CC1CC(=O)c2c(C(C)(C)C)nn(-c3ccc(C(C)C)cc3)c2C1. The summed E-state index contributed by atoms with van der Waals surface area (Å²) in [4.78, 5) is 12.7. The zero-order chi connectivity index (χ0) is 17.6. The van der Waals surface area contributed by atoms with E-state index in [4.69, 9.17) is 5.10 Å². The molecule has 1 aromatic carbocycles. The molecule has 0 N–H and O–H groups in total. The van der Waals surface area contributed by atoms with E-state index >= 15 is 0 Å². The van der Waals surface area contributed by atoms with Crippen LogP contribution >= 0.6 is 0 Å². The molecule has 0 bridgehead atoms. The van der Waals surface area contributed by atoms with Crippen LogP contribution in [0.5, 0.6) is 0 Å². The molecule has 1 aliphatic rings. The Morgan fingerprint density at radius 3 is 2.29 bits per heavy atom. The second-order valence-electron chi connectivity index (χ2n) is 8.51. The van der Waals surface area contributed by atoms with E-state index in [1.165, 1.54) is 5.56 Å². The molecule has 0 aliphatic heterocycles. The molecule has 0 amide bonds. The predicted octanol–water partition coefficient (Wildman–Crippen LogP) is 5.06. The fraction of sp³-hybridized carbons (Fsp3) is 0.524. The lowest BCUT2D eigenvalue weighted by Gasteiger charge is -2.22. The zero-order valence-electron chi connectivity index (χ0n) is 15.7. The Hall–Kier alpha value is -1.90. The summed E-state index contributed by atoms with van der Waals surface area (Å²) in [7, 11) is 0. The van der Waals surface area contributed by atoms with Crippen molar-refractivity contribution >= 4 is 5.78 Å². The lowest BCUT2D eigenvalue weighted by atomic mass is 9.81. The Morgan fingerprint density at radius 2 is 1.75 bits per heavy atom. The Morgan fingerprint density at radius 1 is 1.12 bits per heavy atom. The molecule has 0 radical (unpaired) electrons. The average Bonchev–Trinajstić information content (AvgIpc) is 2.87. The van der Waals surface area contributed by atoms with Gasteiger partial charge in [-0.3, -0.25) is 4.79 Å². The van der Waals surface area contributed by atoms with Gasteiger partial charge in [-0.25, -0.2) is 4.68 Å². The molecule has 1 heterocycles. The Balaban J connectivity index is 2.16. The van der Waals surface area contributed by atoms with E-state index < -0.39 is 0 Å². The van der Waals surface area contributed by atoms with Crippen molar-refractivity contribution in [3.63, 3.8) is 0 Å². The van der Waals surface area contributed by atoms with Crippen molar-refractivity contribution in [2.45, 2.75) is 65.7 Å². The summed E-state index contributed by atoms with van der Waals surface area (Å²) in [5.41, 5.74) is 5.12. The molecule has 3 heteroatoms. The maximum Gasteiger partial charge on any atom is 0.166 e. The molecular weight excluding hydrogens is 296 g/mol. The Labute approximate surface area is 145 Å². The number of nitrogens with zero attached hydrogens (tertiary/aromatic N) is 2. The summed E-state index contributed by atoms with van der Waals surface area (Å²) in [5, 5.41) is 4.89. The summed E-state index contributed by atoms with van der Waals surface area (Å²) >= 11 is 0. The molecule has 0 fully saturated rings. The van der Waals surface area contributed by atoms with Gasteiger partial charge in [-0.15, -0.1) is 0 Å². The van der Waals surface area contributed by atoms with Gasteiger partial charge in [0.1, 0.15) is 0 Å². The third kappa shape index (κ3) is 2.92. The number of rotatable bonds is 2. The summed E-state index contributed by atoms with van der Waals surface area (Å²) in [5.74, 6) is 1.14. The normalized spacial score (nSPS) is 18.1. The number of carbonyl (C=O) groups is 1. The van der Waals surface area contributed by atoms with Crippen LogP contribution in [-0.2, 0) is 11.8 Å². The molecule has 1 unspecified atom stereocenters. The summed E-state index contributed by atoms with van der Waals surface area (Å²) in [6, 6.07) is 8.58. The highest BCUT2D eigenvalue weighted by Gasteiger charge is 2.34. The highest BCUT2D eigenvalue weighted by atomic mass is 16.1. The van der Waals surface area contributed by atoms with Gasteiger partial charge in [0.15, 0.2) is 5.78 Å². The molecule has 128 valence electrons. The standard InChI is InChI=1S/C21H28N2O/c1-13(2)15-7-9-16(10-8-15)23-17-11-14(3)12-18(24)19(17)20(22-23)21(4,5)6/h7-10,13-14H,11-12H2,1-6H3. The molecule has 0 saturated heterocycles. The van der Waals surface area contributed by atoms with Gasteiger partial charge in [-0.2, -0.15) is 5.10 Å². The van der Waals surface area contributed by atoms with E-state index in [0.717, 1.165) is 29.1 Å². The van der Waals surface area contributed by atoms with Crippen LogP contribution in [-0.4, -0.2) is 15.6 Å². The van der Waals surface area contributed by atoms with Crippen LogP contribution in [0.25, 0.3) is 5.69 Å². The number of ketones is 1. The van der Waals surface area contributed by atoms with Gasteiger partial charge < -0.3 is 0 Å². The minimum Gasteiger partial charge on any atom is -0.294 e. The fourth-order valence-corrected chi connectivity index (χ4v) is 3.49. The van der Waals surface area contributed by atoms with Crippen LogP contribution in [0, 0.1) is 5.92 Å². The minimum absolute atomic E-state index is 0.135. The van der Waals surface area contributed by atoms with Crippen LogP contribution in [0.4, 0.5) is 0 Å². The van der Waals surface area contributed by atoms with E-state index in [0.29, 0.717) is 18.3 Å². The van der Waals surface area contributed by atoms with Crippen molar-refractivity contribution in [1.82, 2.24) is 9.78 Å². The van der Waals surface area contributed by atoms with Crippen LogP contribution in [0.15, 0.2) is 24.3 Å². The molecular formula is C21H28N2O. The Bertz CT molecular complexity index is 760. The highest BCUT2D eigenvalue weighted by Crippen LogP contribution is 2.35. The van der Waals surface area contributed by atoms with Gasteiger partial charge in [0.25, 0.3) is 0 Å². The molecule has 0 spiro atoms. The molecule has 3 rings (SSSR count). The third-order valence-corrected chi connectivity index (χ3v) is 4.85. The van der Waals surface area contributed by atoms with E-state index in [-0.39, 0.29) is 11.2 Å². The maximum absolute atomic E-state index is 12.7. The van der Waals surface area contributed by atoms with Crippen LogP contribution in [0.2, 0.25) is 0 Å². The first-order valence-electron chi connectivity index (χ1n) is 8.94. The van der Waals surface area contributed by atoms with Gasteiger partial charge in [0.2, 0.25) is 0 Å². The predicted molar refractivity (Wildman–Crippen MR) is 98.2 cm³/mol. The van der Waals surface area contributed by atoms with E-state index in [2.05, 4.69) is 65.8 Å². The smallest absolute Gasteiger partial charge is 0.166 e. The van der Waals surface area contributed by atoms with Crippen molar-refractivity contribution in [2.75, 3.05) is 0 Å². The lowest BCUT2D eigenvalue weighted by molar-refractivity contribution is 0.0950. The number of fused-ring (bicyclic) bond motifs is 1. The van der Waals surface area contributed by atoms with Crippen molar-refractivity contribution in [2.24, 2.45) is 5.92 Å². The molecule has 0 saturated carbocycles. The van der Waals surface area contributed by atoms with Crippen molar-refractivity contribution < 1.29 is 4.79 Å². The largest absolute Gasteiger partial charge is 0.294 e. The van der Waals surface area contributed by atoms with Gasteiger partial charge in [0.05, 0.1) is 22.6 Å². The first-order valence-corrected chi connectivity index (χ1v) is 8.94. The lowest BCUT2D eigenvalue weighted by Crippen LogP contribution is -2.22. The van der Waals surface area contributed by atoms with Crippen molar-refractivity contribution in [1.29, 1.82) is 0 Å². The summed E-state index contributed by atoms with van der Waals surface area (Å²) < 4.78 is 2.01. The second kappa shape index (κ2) is 5.87. The molecule has 24 heavy (non-hydrogen) atoms. The second-order valence-corrected chi connectivity index (χ2v) is 8.51. The quantitative estimate of drug-likeness (QED) is 0.774. The Kier molecular flexibility index (Phi) is 4.15. The number of hydrogen-bond acceptors (Lipinski definition) is 2. The molecule has 3 nitrogen and oxygen atoms in total. The zero-order valence-corrected chi connectivity index (χ0v) is 15.7. The highest BCUT2D eigenvalue weighted by molar-refractivity contribution is 5.99. The van der Waals surface area contributed by atoms with Crippen LogP contribution in [0.1, 0.15) is 81.2 Å². The first kappa shape index (κ1) is 16.9. The van der Waals surface area contributed by atoms with Crippen LogP contribution < -0.4 is 0 Å². The summed E-state index contributed by atoms with van der Waals surface area (Å²) in [6.07, 6.45) is 1.55. The molecule has 1 atom stereocenters. The van der Waals surface area contributed by atoms with Gasteiger partial charge in [0, 0.05) is 11.8 Å². The number of benzene rings is 1. The number of Topliss-reactive ketones (excluding diaryl/α,β-unsaturated/α-hetero) is 1. The monoisotopic (exact) mass is 324 g/mol. The van der Waals surface area contributed by atoms with E-state index in [1.54, 1.807) is 0 Å². The number of carbonyl (C=O) groups excluding carboxylic acids is 1. The maximum atomic E-state index is 12.7. The van der Waals surface area contributed by atoms with Crippen molar-refractivity contribution in [3.8, 4) is 5.69 Å². The topological polar surface area (TPSA) is 34.9 Å². The van der Waals surface area contributed by atoms with Gasteiger partial charge in [-0.05, 0) is 36.0 Å². The number of aromatic nitrogens is 2. The summed E-state index contributed by atoms with van der Waals surface area (Å²) in [6.45, 7) is 12.9. The van der Waals surface area contributed by atoms with Crippen molar-refractivity contribution in [3.05, 3.63) is 46.8 Å². The fourth-order valence-electron chi connectivity index (χ4n) is 3.49. The average molecular weight is 324 g/mol. The van der Waals surface area contributed by atoms with E-state index in [9.17, 15) is 4.79 Å². The van der Waals surface area contributed by atoms with E-state index in [1.807, 2.05) is 4.68 Å². The third-order valence-electron chi connectivity index (χ3n) is 4.85. The van der Waals surface area contributed by atoms with Gasteiger partial charge in [-0.1, -0.05) is 53.7 Å².